The number of nitrogens with one attached hydrogen (secondary N) is 3. The standard InChI is InChI=1S/C17H26Cl2N2OS.C6H12N2O2/c1-17(2,3)23-20-16(11-5-7-21(4)8-6-11)12-9-13(18)14(19)10-15(12)22;1-7-2-6(4-9)3-8-5-10/h9-11,16,20,22H,5-8H2,1-4H3;4-7H,2-3H2,1H3,(H,8,10). The van der Waals surface area contributed by atoms with Gasteiger partial charge < -0.3 is 25.4 Å². The number of amides is 1. The van der Waals surface area contributed by atoms with E-state index in [1.54, 1.807) is 31.1 Å². The third-order valence-corrected chi connectivity index (χ3v) is 6.96. The first-order valence-electron chi connectivity index (χ1n) is 11.1. The van der Waals surface area contributed by atoms with Crippen molar-refractivity contribution in [3.05, 3.63) is 27.7 Å². The zero-order valence-electron chi connectivity index (χ0n) is 20.2. The summed E-state index contributed by atoms with van der Waals surface area (Å²) in [5.41, 5.74) is 0.839. The van der Waals surface area contributed by atoms with Crippen molar-refractivity contribution in [2.24, 2.45) is 11.8 Å². The smallest absolute Gasteiger partial charge is 0.207 e. The molecule has 7 nitrogen and oxygen atoms in total. The molecule has 2 rings (SSSR count). The summed E-state index contributed by atoms with van der Waals surface area (Å²) >= 11 is 13.9. The highest BCUT2D eigenvalue weighted by Crippen LogP contribution is 2.40. The highest BCUT2D eigenvalue weighted by atomic mass is 35.5. The van der Waals surface area contributed by atoms with Gasteiger partial charge in [0.25, 0.3) is 0 Å². The molecule has 1 aliphatic rings. The summed E-state index contributed by atoms with van der Waals surface area (Å²) in [6.45, 7) is 9.68. The van der Waals surface area contributed by atoms with Crippen molar-refractivity contribution < 1.29 is 14.7 Å². The lowest BCUT2D eigenvalue weighted by atomic mass is 9.86. The van der Waals surface area contributed by atoms with Gasteiger partial charge in [0.1, 0.15) is 12.0 Å². The van der Waals surface area contributed by atoms with Gasteiger partial charge in [-0.15, -0.1) is 0 Å². The zero-order chi connectivity index (χ0) is 25.0. The van der Waals surface area contributed by atoms with Crippen LogP contribution in [0.1, 0.15) is 45.2 Å². The van der Waals surface area contributed by atoms with Gasteiger partial charge in [-0.2, -0.15) is 0 Å². The van der Waals surface area contributed by atoms with E-state index in [1.807, 2.05) is 0 Å². The quantitative estimate of drug-likeness (QED) is 0.274. The van der Waals surface area contributed by atoms with Gasteiger partial charge >= 0.3 is 0 Å². The van der Waals surface area contributed by atoms with E-state index in [4.69, 9.17) is 23.2 Å². The molecule has 0 aliphatic carbocycles. The third-order valence-electron chi connectivity index (χ3n) is 5.25. The molecule has 188 valence electrons. The van der Waals surface area contributed by atoms with Crippen molar-refractivity contribution >= 4 is 47.8 Å². The number of phenolic OH excluding ortho intramolecular Hbond substituents is 1. The van der Waals surface area contributed by atoms with Crippen LogP contribution in [0.15, 0.2) is 12.1 Å². The summed E-state index contributed by atoms with van der Waals surface area (Å²) in [5, 5.41) is 16.5. The Morgan fingerprint density at radius 3 is 2.30 bits per heavy atom. The van der Waals surface area contributed by atoms with Crippen molar-refractivity contribution in [3.8, 4) is 5.75 Å². The van der Waals surface area contributed by atoms with E-state index in [2.05, 4.69) is 48.1 Å². The Hall–Kier alpha value is -1.03. The van der Waals surface area contributed by atoms with Crippen LogP contribution in [-0.2, 0) is 9.59 Å². The van der Waals surface area contributed by atoms with Crippen LogP contribution >= 0.6 is 35.1 Å². The number of hydrogen-bond donors (Lipinski definition) is 4. The number of halogens is 2. The number of likely N-dealkylation sites (tertiary alicyclic amines) is 1. The summed E-state index contributed by atoms with van der Waals surface area (Å²) in [6.07, 6.45) is 3.61. The number of piperidine rings is 1. The van der Waals surface area contributed by atoms with Crippen molar-refractivity contribution in [2.45, 2.75) is 44.4 Å². The van der Waals surface area contributed by atoms with Gasteiger partial charge in [-0.05, 0) is 72.8 Å². The molecule has 33 heavy (non-hydrogen) atoms. The minimum atomic E-state index is -0.116. The van der Waals surface area contributed by atoms with Crippen molar-refractivity contribution in [1.29, 1.82) is 0 Å². The average Bonchev–Trinajstić information content (AvgIpc) is 2.75. The largest absolute Gasteiger partial charge is 0.508 e. The molecule has 1 saturated heterocycles. The van der Waals surface area contributed by atoms with E-state index in [-0.39, 0.29) is 22.5 Å². The Labute approximate surface area is 212 Å². The Morgan fingerprint density at radius 2 is 1.79 bits per heavy atom. The number of carbonyl (C=O) groups is 2. The van der Waals surface area contributed by atoms with Gasteiger partial charge in [0.15, 0.2) is 0 Å². The summed E-state index contributed by atoms with van der Waals surface area (Å²) in [4.78, 5) is 22.3. The molecule has 10 heteroatoms. The lowest BCUT2D eigenvalue weighted by molar-refractivity contribution is -0.111. The fourth-order valence-electron chi connectivity index (χ4n) is 3.45. The molecule has 1 amide bonds. The predicted octanol–water partition coefficient (Wildman–Crippen LogP) is 3.89. The Balaban J connectivity index is 0.000000461. The van der Waals surface area contributed by atoms with Gasteiger partial charge in [0, 0.05) is 41.4 Å². The maximum absolute atomic E-state index is 10.4. The highest BCUT2D eigenvalue weighted by Gasteiger charge is 2.30. The van der Waals surface area contributed by atoms with Gasteiger partial charge in [-0.25, -0.2) is 0 Å². The van der Waals surface area contributed by atoms with Crippen molar-refractivity contribution in [1.82, 2.24) is 20.3 Å². The Kier molecular flexibility index (Phi) is 13.7. The number of phenols is 1. The molecule has 0 spiro atoms. The molecular formula is C23H38Cl2N4O3S. The molecule has 1 fully saturated rings. The van der Waals surface area contributed by atoms with Crippen LogP contribution in [0.2, 0.25) is 10.0 Å². The molecular weight excluding hydrogens is 483 g/mol. The minimum absolute atomic E-state index is 0.0580. The van der Waals surface area contributed by atoms with E-state index in [9.17, 15) is 14.7 Å². The van der Waals surface area contributed by atoms with E-state index in [0.29, 0.717) is 35.5 Å². The number of aromatic hydroxyl groups is 1. The van der Waals surface area contributed by atoms with E-state index in [0.717, 1.165) is 37.8 Å². The van der Waals surface area contributed by atoms with Crippen LogP contribution < -0.4 is 15.4 Å². The van der Waals surface area contributed by atoms with Crippen LogP contribution in [0.3, 0.4) is 0 Å². The molecule has 2 atom stereocenters. The summed E-state index contributed by atoms with van der Waals surface area (Å²) in [5.74, 6) is 0.560. The van der Waals surface area contributed by atoms with Crippen LogP contribution in [0.25, 0.3) is 0 Å². The molecule has 1 heterocycles. The maximum Gasteiger partial charge on any atom is 0.207 e. The van der Waals surface area contributed by atoms with Crippen molar-refractivity contribution in [3.63, 3.8) is 0 Å². The highest BCUT2D eigenvalue weighted by molar-refractivity contribution is 7.98. The summed E-state index contributed by atoms with van der Waals surface area (Å²) < 4.78 is 3.68. The van der Waals surface area contributed by atoms with E-state index >= 15 is 0 Å². The predicted molar refractivity (Wildman–Crippen MR) is 139 cm³/mol. The van der Waals surface area contributed by atoms with Gasteiger partial charge in [0.05, 0.1) is 10.0 Å². The number of carbonyl (C=O) groups excluding carboxylic acids is 2. The van der Waals surface area contributed by atoms with Crippen LogP contribution in [0.5, 0.6) is 5.75 Å². The maximum atomic E-state index is 10.4. The minimum Gasteiger partial charge on any atom is -0.508 e. The summed E-state index contributed by atoms with van der Waals surface area (Å²) in [7, 11) is 3.91. The molecule has 4 N–H and O–H groups in total. The van der Waals surface area contributed by atoms with Crippen LogP contribution in [0.4, 0.5) is 0 Å². The van der Waals surface area contributed by atoms with Crippen LogP contribution in [0, 0.1) is 11.8 Å². The first-order chi connectivity index (χ1) is 15.5. The lowest BCUT2D eigenvalue weighted by Crippen LogP contribution is -2.36. The number of hydrogen-bond acceptors (Lipinski definition) is 7. The second-order valence-electron chi connectivity index (χ2n) is 9.26. The second-order valence-corrected chi connectivity index (χ2v) is 11.7. The fraction of sp³-hybridized carbons (Fsp3) is 0.652. The average molecular weight is 522 g/mol. The first kappa shape index (κ1) is 30.0. The normalized spacial score (nSPS) is 16.9. The molecule has 2 unspecified atom stereocenters. The van der Waals surface area contributed by atoms with Crippen LogP contribution in [-0.4, -0.2) is 67.7 Å². The molecule has 1 aromatic rings. The number of aldehydes is 1. The van der Waals surface area contributed by atoms with Gasteiger partial charge in [-0.1, -0.05) is 35.1 Å². The summed E-state index contributed by atoms with van der Waals surface area (Å²) in [6, 6.07) is 3.41. The zero-order valence-corrected chi connectivity index (χ0v) is 22.5. The number of nitrogens with zero attached hydrogens (tertiary/aromatic N) is 1. The molecule has 0 saturated carbocycles. The van der Waals surface area contributed by atoms with Crippen molar-refractivity contribution in [2.75, 3.05) is 40.3 Å². The monoisotopic (exact) mass is 520 g/mol. The Bertz CT molecular complexity index is 741. The molecule has 0 aromatic heterocycles. The Morgan fingerprint density at radius 1 is 1.18 bits per heavy atom. The van der Waals surface area contributed by atoms with E-state index in [1.165, 1.54) is 0 Å². The van der Waals surface area contributed by atoms with Gasteiger partial charge in [0.2, 0.25) is 6.41 Å². The first-order valence-corrected chi connectivity index (χ1v) is 12.7. The third kappa shape index (κ3) is 11.3. The molecule has 0 bridgehead atoms. The SMILES string of the molecule is CN1CCC(C(NSC(C)(C)C)c2cc(Cl)c(Cl)cc2O)CC1.CNCC(C=O)CNC=O. The fourth-order valence-corrected chi connectivity index (χ4v) is 4.58. The molecule has 1 aliphatic heterocycles. The molecule has 1 aromatic carbocycles. The number of benzene rings is 1. The topological polar surface area (TPSA) is 93.7 Å². The van der Waals surface area contributed by atoms with Gasteiger partial charge in [-0.3, -0.25) is 9.52 Å². The lowest BCUT2D eigenvalue weighted by Gasteiger charge is -2.36. The number of rotatable bonds is 10. The second kappa shape index (κ2) is 15.1. The van der Waals surface area contributed by atoms with E-state index < -0.39 is 0 Å². The molecule has 0 radical (unpaired) electrons.